The predicted molar refractivity (Wildman–Crippen MR) is 45.1 cm³/mol. The predicted octanol–water partition coefficient (Wildman–Crippen LogP) is 0.689. The molecule has 1 atom stereocenters. The van der Waals surface area contributed by atoms with Crippen molar-refractivity contribution in [2.24, 2.45) is 5.73 Å². The summed E-state index contributed by atoms with van der Waals surface area (Å²) in [5.74, 6) is -0.555. The van der Waals surface area contributed by atoms with Crippen LogP contribution >= 0.6 is 0 Å². The highest BCUT2D eigenvalue weighted by Gasteiger charge is 2.14. The lowest BCUT2D eigenvalue weighted by molar-refractivity contribution is 0.265. The number of nitrogens with two attached hydrogens (primary N) is 1. The first-order chi connectivity index (χ1) is 6.20. The molecule has 3 nitrogen and oxygen atoms in total. The van der Waals surface area contributed by atoms with Crippen LogP contribution < -0.4 is 5.73 Å². The Morgan fingerprint density at radius 3 is 2.85 bits per heavy atom. The highest BCUT2D eigenvalue weighted by molar-refractivity contribution is 5.40. The Morgan fingerprint density at radius 1 is 1.62 bits per heavy atom. The molecule has 0 saturated heterocycles. The Hall–Kier alpha value is -1.44. The van der Waals surface area contributed by atoms with Crippen LogP contribution in [0.1, 0.15) is 17.2 Å². The molecule has 3 N–H and O–H groups in total. The number of benzene rings is 1. The number of hydrogen-bond acceptors (Lipinski definition) is 3. The maximum absolute atomic E-state index is 13.1. The van der Waals surface area contributed by atoms with Crippen molar-refractivity contribution in [1.29, 1.82) is 5.26 Å². The van der Waals surface area contributed by atoms with Gasteiger partial charge >= 0.3 is 0 Å². The molecule has 0 heterocycles. The SMILES string of the molecule is N#Cc1cccc(F)c1[C@H](N)CO. The topological polar surface area (TPSA) is 70.0 Å². The van der Waals surface area contributed by atoms with Gasteiger partial charge in [0.2, 0.25) is 0 Å². The van der Waals surface area contributed by atoms with E-state index in [1.165, 1.54) is 18.2 Å². The van der Waals surface area contributed by atoms with Gasteiger partial charge in [-0.25, -0.2) is 4.39 Å². The molecule has 0 unspecified atom stereocenters. The molecule has 1 rings (SSSR count). The number of rotatable bonds is 2. The number of aliphatic hydroxyl groups is 1. The summed E-state index contributed by atoms with van der Waals surface area (Å²) in [5.41, 5.74) is 5.67. The van der Waals surface area contributed by atoms with Crippen LogP contribution in [-0.4, -0.2) is 11.7 Å². The second-order valence-corrected chi connectivity index (χ2v) is 2.60. The maximum Gasteiger partial charge on any atom is 0.129 e. The Bertz CT molecular complexity index is 346. The average molecular weight is 180 g/mol. The van der Waals surface area contributed by atoms with Gasteiger partial charge in [-0.2, -0.15) is 5.26 Å². The molecule has 0 bridgehead atoms. The smallest absolute Gasteiger partial charge is 0.129 e. The molecule has 1 aromatic carbocycles. The monoisotopic (exact) mass is 180 g/mol. The lowest BCUT2D eigenvalue weighted by atomic mass is 10.0. The summed E-state index contributed by atoms with van der Waals surface area (Å²) in [4.78, 5) is 0. The van der Waals surface area contributed by atoms with Gasteiger partial charge in [0.1, 0.15) is 5.82 Å². The number of halogens is 1. The summed E-state index contributed by atoms with van der Waals surface area (Å²) in [5, 5.41) is 17.4. The maximum atomic E-state index is 13.1. The third kappa shape index (κ3) is 1.83. The lowest BCUT2D eigenvalue weighted by Gasteiger charge is -2.10. The van der Waals surface area contributed by atoms with Gasteiger partial charge in [0, 0.05) is 5.56 Å². The van der Waals surface area contributed by atoms with Crippen molar-refractivity contribution in [3.05, 3.63) is 35.1 Å². The van der Waals surface area contributed by atoms with Crippen molar-refractivity contribution < 1.29 is 9.50 Å². The molecule has 0 aliphatic carbocycles. The first-order valence-electron chi connectivity index (χ1n) is 3.75. The Labute approximate surface area is 75.2 Å². The van der Waals surface area contributed by atoms with Crippen molar-refractivity contribution >= 4 is 0 Å². The van der Waals surface area contributed by atoms with E-state index in [9.17, 15) is 4.39 Å². The molecule has 1 aromatic rings. The van der Waals surface area contributed by atoms with Crippen molar-refractivity contribution in [1.82, 2.24) is 0 Å². The van der Waals surface area contributed by atoms with Gasteiger partial charge in [0.25, 0.3) is 0 Å². The molecule has 0 amide bonds. The fourth-order valence-corrected chi connectivity index (χ4v) is 1.10. The molecule has 0 aliphatic heterocycles. The van der Waals surface area contributed by atoms with Gasteiger partial charge in [-0.3, -0.25) is 0 Å². The van der Waals surface area contributed by atoms with E-state index in [-0.39, 0.29) is 17.7 Å². The van der Waals surface area contributed by atoms with Crippen LogP contribution in [0.15, 0.2) is 18.2 Å². The normalized spacial score (nSPS) is 12.2. The van der Waals surface area contributed by atoms with E-state index in [1.54, 1.807) is 0 Å². The lowest BCUT2D eigenvalue weighted by Crippen LogP contribution is -2.17. The molecular weight excluding hydrogens is 171 g/mol. The number of aliphatic hydroxyl groups excluding tert-OH is 1. The van der Waals surface area contributed by atoms with E-state index in [0.717, 1.165) is 0 Å². The van der Waals surface area contributed by atoms with E-state index < -0.39 is 11.9 Å². The van der Waals surface area contributed by atoms with Gasteiger partial charge in [0.05, 0.1) is 24.3 Å². The summed E-state index contributed by atoms with van der Waals surface area (Å²) in [7, 11) is 0. The summed E-state index contributed by atoms with van der Waals surface area (Å²) in [6, 6.07) is 5.10. The van der Waals surface area contributed by atoms with Gasteiger partial charge in [-0.15, -0.1) is 0 Å². The van der Waals surface area contributed by atoms with Crippen LogP contribution in [0.4, 0.5) is 4.39 Å². The van der Waals surface area contributed by atoms with E-state index in [1.807, 2.05) is 6.07 Å². The minimum Gasteiger partial charge on any atom is -0.394 e. The standard InChI is InChI=1S/C9H9FN2O/c10-7-3-1-2-6(4-11)9(7)8(12)5-13/h1-3,8,13H,5,12H2/t8-/m1/s1. The highest BCUT2D eigenvalue weighted by atomic mass is 19.1. The molecule has 0 aromatic heterocycles. The third-order valence-corrected chi connectivity index (χ3v) is 1.74. The first-order valence-corrected chi connectivity index (χ1v) is 3.75. The van der Waals surface area contributed by atoms with Gasteiger partial charge in [-0.05, 0) is 12.1 Å². The minimum atomic E-state index is -0.837. The molecule has 0 saturated carbocycles. The van der Waals surface area contributed by atoms with Crippen LogP contribution in [0.3, 0.4) is 0 Å². The van der Waals surface area contributed by atoms with E-state index >= 15 is 0 Å². The largest absolute Gasteiger partial charge is 0.394 e. The van der Waals surface area contributed by atoms with Crippen molar-refractivity contribution in [2.45, 2.75) is 6.04 Å². The second-order valence-electron chi connectivity index (χ2n) is 2.60. The fourth-order valence-electron chi connectivity index (χ4n) is 1.10. The zero-order valence-electron chi connectivity index (χ0n) is 6.87. The molecule has 13 heavy (non-hydrogen) atoms. The summed E-state index contributed by atoms with van der Waals surface area (Å²) in [6.07, 6.45) is 0. The molecule has 0 fully saturated rings. The zero-order valence-corrected chi connectivity index (χ0v) is 6.87. The van der Waals surface area contributed by atoms with Crippen LogP contribution in [0.2, 0.25) is 0 Å². The number of hydrogen-bond donors (Lipinski definition) is 2. The van der Waals surface area contributed by atoms with Crippen LogP contribution in [0.5, 0.6) is 0 Å². The molecule has 0 aliphatic rings. The van der Waals surface area contributed by atoms with Gasteiger partial charge in [-0.1, -0.05) is 6.07 Å². The zero-order chi connectivity index (χ0) is 9.84. The number of nitrogens with zero attached hydrogens (tertiary/aromatic N) is 1. The van der Waals surface area contributed by atoms with E-state index in [4.69, 9.17) is 16.1 Å². The van der Waals surface area contributed by atoms with Crippen molar-refractivity contribution in [2.75, 3.05) is 6.61 Å². The quantitative estimate of drug-likeness (QED) is 0.703. The summed E-state index contributed by atoms with van der Waals surface area (Å²) >= 11 is 0. The Morgan fingerprint density at radius 2 is 2.31 bits per heavy atom. The van der Waals surface area contributed by atoms with Crippen molar-refractivity contribution in [3.8, 4) is 6.07 Å². The van der Waals surface area contributed by atoms with Crippen LogP contribution in [0.25, 0.3) is 0 Å². The van der Waals surface area contributed by atoms with Gasteiger partial charge in [0.15, 0.2) is 0 Å². The highest BCUT2D eigenvalue weighted by Crippen LogP contribution is 2.18. The molecule has 0 radical (unpaired) electrons. The summed E-state index contributed by atoms with van der Waals surface area (Å²) < 4.78 is 13.1. The first kappa shape index (κ1) is 9.65. The third-order valence-electron chi connectivity index (χ3n) is 1.74. The molecule has 4 heteroatoms. The van der Waals surface area contributed by atoms with Crippen LogP contribution in [0, 0.1) is 17.1 Å². The Balaban J connectivity index is 3.24. The van der Waals surface area contributed by atoms with E-state index in [2.05, 4.69) is 0 Å². The minimum absolute atomic E-state index is 0.0764. The second kappa shape index (κ2) is 3.99. The summed E-state index contributed by atoms with van der Waals surface area (Å²) in [6.45, 7) is -0.379. The molecule has 0 spiro atoms. The van der Waals surface area contributed by atoms with Crippen molar-refractivity contribution in [3.63, 3.8) is 0 Å². The van der Waals surface area contributed by atoms with Crippen LogP contribution in [-0.2, 0) is 0 Å². The van der Waals surface area contributed by atoms with E-state index in [0.29, 0.717) is 0 Å². The molecule has 68 valence electrons. The fraction of sp³-hybridized carbons (Fsp3) is 0.222. The molecular formula is C9H9FN2O. The average Bonchev–Trinajstić information content (AvgIpc) is 2.16. The van der Waals surface area contributed by atoms with Gasteiger partial charge < -0.3 is 10.8 Å². The number of nitriles is 1. The Kier molecular flexibility index (Phi) is 2.96.